The van der Waals surface area contributed by atoms with E-state index in [0.29, 0.717) is 18.4 Å². The first-order chi connectivity index (χ1) is 8.94. The van der Waals surface area contributed by atoms with Crippen LogP contribution in [0.5, 0.6) is 5.75 Å². The minimum absolute atomic E-state index is 0.0310. The average Bonchev–Trinajstić information content (AvgIpc) is 2.82. The smallest absolute Gasteiger partial charge is 0.329 e. The van der Waals surface area contributed by atoms with Gasteiger partial charge in [0.05, 0.1) is 0 Å². The van der Waals surface area contributed by atoms with Crippen molar-refractivity contribution in [1.29, 1.82) is 0 Å². The number of benzene rings is 1. The maximum absolute atomic E-state index is 12.1. The molecule has 5 heteroatoms. The molecule has 1 amide bonds. The van der Waals surface area contributed by atoms with Gasteiger partial charge in [0.1, 0.15) is 11.3 Å². The first kappa shape index (κ1) is 13.4. The van der Waals surface area contributed by atoms with Crippen molar-refractivity contribution in [3.63, 3.8) is 0 Å². The van der Waals surface area contributed by atoms with Crippen LogP contribution >= 0.6 is 0 Å². The van der Waals surface area contributed by atoms with Gasteiger partial charge in [-0.05, 0) is 37.5 Å². The number of carboxylic acid groups (broad SMARTS) is 1. The van der Waals surface area contributed by atoms with Crippen LogP contribution in [0.3, 0.4) is 0 Å². The summed E-state index contributed by atoms with van der Waals surface area (Å²) in [6.07, 6.45) is 2.50. The summed E-state index contributed by atoms with van der Waals surface area (Å²) in [4.78, 5) is 23.4. The molecule has 1 saturated carbocycles. The van der Waals surface area contributed by atoms with E-state index in [1.165, 1.54) is 6.07 Å². The number of nitrogens with one attached hydrogen (secondary N) is 1. The molecular weight excluding hydrogens is 246 g/mol. The second kappa shape index (κ2) is 4.91. The van der Waals surface area contributed by atoms with Gasteiger partial charge in [-0.25, -0.2) is 4.79 Å². The van der Waals surface area contributed by atoms with Crippen molar-refractivity contribution in [2.24, 2.45) is 0 Å². The van der Waals surface area contributed by atoms with Gasteiger partial charge >= 0.3 is 5.97 Å². The van der Waals surface area contributed by atoms with Crippen LogP contribution in [0.1, 0.15) is 41.6 Å². The Labute approximate surface area is 111 Å². The van der Waals surface area contributed by atoms with E-state index in [4.69, 9.17) is 0 Å². The summed E-state index contributed by atoms with van der Waals surface area (Å²) in [5.74, 6) is -1.42. The molecule has 102 valence electrons. The Morgan fingerprint density at radius 3 is 2.42 bits per heavy atom. The highest BCUT2D eigenvalue weighted by Crippen LogP contribution is 2.30. The molecule has 1 fully saturated rings. The number of aromatic hydroxyl groups is 1. The molecule has 0 saturated heterocycles. The van der Waals surface area contributed by atoms with Gasteiger partial charge in [-0.1, -0.05) is 18.9 Å². The lowest BCUT2D eigenvalue weighted by Crippen LogP contribution is -2.52. The first-order valence-electron chi connectivity index (χ1n) is 6.30. The highest BCUT2D eigenvalue weighted by molar-refractivity contribution is 5.98. The van der Waals surface area contributed by atoms with Crippen LogP contribution in [0, 0.1) is 6.92 Å². The largest absolute Gasteiger partial charge is 0.508 e. The third-order valence-corrected chi connectivity index (χ3v) is 3.69. The number of phenols is 1. The highest BCUT2D eigenvalue weighted by atomic mass is 16.4. The van der Waals surface area contributed by atoms with Crippen molar-refractivity contribution in [3.05, 3.63) is 29.3 Å². The van der Waals surface area contributed by atoms with Gasteiger partial charge in [0.15, 0.2) is 0 Å². The second-order valence-electron chi connectivity index (χ2n) is 5.05. The molecule has 1 aromatic carbocycles. The summed E-state index contributed by atoms with van der Waals surface area (Å²) in [6, 6.07) is 4.57. The summed E-state index contributed by atoms with van der Waals surface area (Å²) >= 11 is 0. The zero-order valence-corrected chi connectivity index (χ0v) is 10.8. The van der Waals surface area contributed by atoms with E-state index in [1.807, 2.05) is 0 Å². The SMILES string of the molecule is Cc1ccc(C(=O)NC2(C(=O)O)CCCC2)cc1O. The number of carbonyl (C=O) groups is 2. The predicted octanol–water partition coefficient (Wildman–Crippen LogP) is 1.83. The zero-order valence-electron chi connectivity index (χ0n) is 10.8. The van der Waals surface area contributed by atoms with Crippen molar-refractivity contribution in [3.8, 4) is 5.75 Å². The topological polar surface area (TPSA) is 86.6 Å². The summed E-state index contributed by atoms with van der Waals surface area (Å²) in [7, 11) is 0. The number of hydrogen-bond acceptors (Lipinski definition) is 3. The van der Waals surface area contributed by atoms with Crippen molar-refractivity contribution >= 4 is 11.9 Å². The van der Waals surface area contributed by atoms with Gasteiger partial charge in [-0.3, -0.25) is 4.79 Å². The zero-order chi connectivity index (χ0) is 14.0. The Balaban J connectivity index is 2.20. The van der Waals surface area contributed by atoms with Crippen LogP contribution < -0.4 is 5.32 Å². The van der Waals surface area contributed by atoms with Crippen molar-refractivity contribution in [2.45, 2.75) is 38.1 Å². The van der Waals surface area contributed by atoms with Crippen LogP contribution in [0.2, 0.25) is 0 Å². The molecule has 0 heterocycles. The number of carbonyl (C=O) groups excluding carboxylic acids is 1. The summed E-state index contributed by atoms with van der Waals surface area (Å²) in [6.45, 7) is 1.73. The maximum atomic E-state index is 12.1. The standard InChI is InChI=1S/C14H17NO4/c1-9-4-5-10(8-11(9)16)12(17)15-14(13(18)19)6-2-3-7-14/h4-5,8,16H,2-3,6-7H2,1H3,(H,15,17)(H,18,19). The molecule has 3 N–H and O–H groups in total. The molecule has 0 aliphatic heterocycles. The molecule has 0 atom stereocenters. The lowest BCUT2D eigenvalue weighted by Gasteiger charge is -2.25. The van der Waals surface area contributed by atoms with Gasteiger partial charge in [0, 0.05) is 5.56 Å². The van der Waals surface area contributed by atoms with Gasteiger partial charge in [-0.2, -0.15) is 0 Å². The minimum atomic E-state index is -1.16. The van der Waals surface area contributed by atoms with E-state index in [1.54, 1.807) is 19.1 Å². The second-order valence-corrected chi connectivity index (χ2v) is 5.05. The highest BCUT2D eigenvalue weighted by Gasteiger charge is 2.42. The third kappa shape index (κ3) is 2.54. The number of hydrogen-bond donors (Lipinski definition) is 3. The quantitative estimate of drug-likeness (QED) is 0.776. The van der Waals surface area contributed by atoms with E-state index in [-0.39, 0.29) is 11.3 Å². The van der Waals surface area contributed by atoms with Gasteiger partial charge in [-0.15, -0.1) is 0 Å². The molecule has 5 nitrogen and oxygen atoms in total. The Morgan fingerprint density at radius 1 is 1.26 bits per heavy atom. The molecule has 0 aromatic heterocycles. The van der Waals surface area contributed by atoms with Crippen molar-refractivity contribution in [2.75, 3.05) is 0 Å². The molecule has 0 radical (unpaired) electrons. The fourth-order valence-corrected chi connectivity index (χ4v) is 2.41. The lowest BCUT2D eigenvalue weighted by molar-refractivity contribution is -0.144. The van der Waals surface area contributed by atoms with Gasteiger partial charge in [0.2, 0.25) is 0 Å². The van der Waals surface area contributed by atoms with Crippen LogP contribution in [0.4, 0.5) is 0 Å². The number of carboxylic acids is 1. The molecular formula is C14H17NO4. The summed E-state index contributed by atoms with van der Waals surface area (Å²) in [5, 5.41) is 21.5. The van der Waals surface area contributed by atoms with E-state index >= 15 is 0 Å². The monoisotopic (exact) mass is 263 g/mol. The van der Waals surface area contributed by atoms with Crippen molar-refractivity contribution < 1.29 is 19.8 Å². The lowest BCUT2D eigenvalue weighted by atomic mass is 9.97. The predicted molar refractivity (Wildman–Crippen MR) is 69.1 cm³/mol. The molecule has 1 aliphatic carbocycles. The molecule has 0 spiro atoms. The number of aryl methyl sites for hydroxylation is 1. The van der Waals surface area contributed by atoms with E-state index in [2.05, 4.69) is 5.32 Å². The average molecular weight is 263 g/mol. The Kier molecular flexibility index (Phi) is 3.46. The van der Waals surface area contributed by atoms with Crippen LogP contribution in [-0.4, -0.2) is 27.6 Å². The Hall–Kier alpha value is -2.04. The Morgan fingerprint density at radius 2 is 1.89 bits per heavy atom. The number of aliphatic carboxylic acids is 1. The molecule has 2 rings (SSSR count). The minimum Gasteiger partial charge on any atom is -0.508 e. The fraction of sp³-hybridized carbons (Fsp3) is 0.429. The van der Waals surface area contributed by atoms with E-state index in [9.17, 15) is 19.8 Å². The maximum Gasteiger partial charge on any atom is 0.329 e. The van der Waals surface area contributed by atoms with Crippen molar-refractivity contribution in [1.82, 2.24) is 5.32 Å². The summed E-state index contributed by atoms with van der Waals surface area (Å²) < 4.78 is 0. The Bertz CT molecular complexity index is 518. The molecule has 19 heavy (non-hydrogen) atoms. The third-order valence-electron chi connectivity index (χ3n) is 3.69. The fourth-order valence-electron chi connectivity index (χ4n) is 2.41. The van der Waals surface area contributed by atoms with Crippen LogP contribution in [0.25, 0.3) is 0 Å². The van der Waals surface area contributed by atoms with Gasteiger partial charge in [0.25, 0.3) is 5.91 Å². The number of amides is 1. The summed E-state index contributed by atoms with van der Waals surface area (Å²) in [5.41, 5.74) is -0.210. The molecule has 1 aromatic rings. The van der Waals surface area contributed by atoms with E-state index < -0.39 is 17.4 Å². The van der Waals surface area contributed by atoms with Crippen LogP contribution in [0.15, 0.2) is 18.2 Å². The van der Waals surface area contributed by atoms with Gasteiger partial charge < -0.3 is 15.5 Å². The number of rotatable bonds is 3. The molecule has 0 unspecified atom stereocenters. The first-order valence-corrected chi connectivity index (χ1v) is 6.30. The number of phenolic OH excluding ortho intramolecular Hbond substituents is 1. The molecule has 0 bridgehead atoms. The normalized spacial score (nSPS) is 17.1. The molecule has 1 aliphatic rings. The van der Waals surface area contributed by atoms with Crippen LogP contribution in [-0.2, 0) is 4.79 Å². The van der Waals surface area contributed by atoms with E-state index in [0.717, 1.165) is 12.8 Å².